The summed E-state index contributed by atoms with van der Waals surface area (Å²) in [4.78, 5) is 4.80. The first-order valence-corrected chi connectivity index (χ1v) is 12.9. The Morgan fingerprint density at radius 3 is 1.97 bits per heavy atom. The van der Waals surface area contributed by atoms with Crippen molar-refractivity contribution in [3.05, 3.63) is 58.1 Å². The van der Waals surface area contributed by atoms with Gasteiger partial charge in [-0.3, -0.25) is 9.80 Å². The Balaban J connectivity index is 1.27. The van der Waals surface area contributed by atoms with E-state index in [-0.39, 0.29) is 0 Å². The number of rotatable bonds is 4. The van der Waals surface area contributed by atoms with Crippen molar-refractivity contribution < 1.29 is 9.47 Å². The lowest BCUT2D eigenvalue weighted by molar-refractivity contribution is 0.0679. The predicted octanol–water partition coefficient (Wildman–Crippen LogP) is 6.56. The summed E-state index contributed by atoms with van der Waals surface area (Å²) in [5, 5.41) is 0. The van der Waals surface area contributed by atoms with Crippen molar-refractivity contribution in [2.75, 3.05) is 13.5 Å². The predicted molar refractivity (Wildman–Crippen MR) is 134 cm³/mol. The molecule has 0 spiro atoms. The van der Waals surface area contributed by atoms with Crippen LogP contribution in [-0.2, 0) is 13.1 Å². The molecule has 2 aliphatic heterocycles. The molecule has 5 rings (SSSR count). The Kier molecular flexibility index (Phi) is 6.41. The molecule has 2 heterocycles. The summed E-state index contributed by atoms with van der Waals surface area (Å²) < 4.78 is 12.1. The first-order valence-electron chi connectivity index (χ1n) is 12.9. The Morgan fingerprint density at radius 1 is 0.727 bits per heavy atom. The van der Waals surface area contributed by atoms with Crippen molar-refractivity contribution in [2.24, 2.45) is 0 Å². The van der Waals surface area contributed by atoms with E-state index in [9.17, 15) is 0 Å². The molecular formula is C29H40N2O2. The number of hydrogen-bond donors (Lipinski definition) is 0. The standard InChI is InChI=1S/C29H40N2O2/c1-19(2)30-15-26-13-24(10-11-28(26)32-17-30)22-6-8-23(9-7-22)25-12-21(5)29-27(14-25)16-31(18-33-29)20(3)4/h10-14,19-20,22-23H,6-9,15-18H2,1-5H3. The van der Waals surface area contributed by atoms with Gasteiger partial charge in [-0.05, 0) is 94.9 Å². The normalized spacial score (nSPS) is 23.7. The van der Waals surface area contributed by atoms with Gasteiger partial charge in [0.1, 0.15) is 25.0 Å². The topological polar surface area (TPSA) is 24.9 Å². The number of benzene rings is 2. The van der Waals surface area contributed by atoms with E-state index in [0.29, 0.717) is 37.4 Å². The molecular weight excluding hydrogens is 408 g/mol. The van der Waals surface area contributed by atoms with Gasteiger partial charge in [-0.1, -0.05) is 24.3 Å². The molecule has 3 aliphatic rings. The van der Waals surface area contributed by atoms with Crippen LogP contribution in [0.15, 0.2) is 30.3 Å². The van der Waals surface area contributed by atoms with Crippen LogP contribution in [0.5, 0.6) is 11.5 Å². The molecule has 2 aromatic rings. The molecule has 1 aliphatic carbocycles. The second-order valence-electron chi connectivity index (χ2n) is 11.0. The van der Waals surface area contributed by atoms with Gasteiger partial charge in [-0.2, -0.15) is 0 Å². The fraction of sp³-hybridized carbons (Fsp3) is 0.586. The minimum Gasteiger partial charge on any atom is -0.478 e. The lowest BCUT2D eigenvalue weighted by atomic mass is 9.75. The van der Waals surface area contributed by atoms with Gasteiger partial charge in [0.05, 0.1) is 0 Å². The zero-order valence-corrected chi connectivity index (χ0v) is 21.1. The molecule has 4 nitrogen and oxygen atoms in total. The molecule has 33 heavy (non-hydrogen) atoms. The van der Waals surface area contributed by atoms with Crippen LogP contribution in [0.3, 0.4) is 0 Å². The molecule has 1 fully saturated rings. The minimum absolute atomic E-state index is 0.507. The molecule has 0 amide bonds. The average molecular weight is 449 g/mol. The van der Waals surface area contributed by atoms with E-state index < -0.39 is 0 Å². The molecule has 0 unspecified atom stereocenters. The molecule has 0 radical (unpaired) electrons. The van der Waals surface area contributed by atoms with E-state index in [2.05, 4.69) is 74.8 Å². The highest BCUT2D eigenvalue weighted by Gasteiger charge is 2.28. The van der Waals surface area contributed by atoms with Crippen molar-refractivity contribution in [3.8, 4) is 11.5 Å². The van der Waals surface area contributed by atoms with Gasteiger partial charge in [0.2, 0.25) is 0 Å². The molecule has 178 valence electrons. The van der Waals surface area contributed by atoms with E-state index in [0.717, 1.165) is 24.6 Å². The van der Waals surface area contributed by atoms with Crippen LogP contribution in [0.2, 0.25) is 0 Å². The van der Waals surface area contributed by atoms with Gasteiger partial charge in [0, 0.05) is 36.3 Å². The fourth-order valence-electron chi connectivity index (χ4n) is 5.81. The van der Waals surface area contributed by atoms with Gasteiger partial charge >= 0.3 is 0 Å². The lowest BCUT2D eigenvalue weighted by Crippen LogP contribution is -2.37. The zero-order valence-electron chi connectivity index (χ0n) is 21.1. The second-order valence-corrected chi connectivity index (χ2v) is 11.0. The molecule has 0 N–H and O–H groups in total. The Morgan fingerprint density at radius 2 is 1.30 bits per heavy atom. The smallest absolute Gasteiger partial charge is 0.142 e. The first-order chi connectivity index (χ1) is 15.9. The van der Waals surface area contributed by atoms with Gasteiger partial charge < -0.3 is 9.47 Å². The average Bonchev–Trinajstić information content (AvgIpc) is 2.83. The molecule has 0 aromatic heterocycles. The first kappa shape index (κ1) is 22.7. The minimum atomic E-state index is 0.507. The number of fused-ring (bicyclic) bond motifs is 2. The highest BCUT2D eigenvalue weighted by atomic mass is 16.5. The molecule has 2 aromatic carbocycles. The van der Waals surface area contributed by atoms with Crippen LogP contribution in [-0.4, -0.2) is 35.3 Å². The number of hydrogen-bond acceptors (Lipinski definition) is 4. The fourth-order valence-corrected chi connectivity index (χ4v) is 5.81. The summed E-state index contributed by atoms with van der Waals surface area (Å²) in [6.45, 7) is 14.6. The molecule has 1 saturated carbocycles. The maximum absolute atomic E-state index is 6.13. The zero-order chi connectivity index (χ0) is 23.1. The third-order valence-electron chi connectivity index (χ3n) is 8.10. The number of nitrogens with zero attached hydrogens (tertiary/aromatic N) is 2. The second kappa shape index (κ2) is 9.31. The van der Waals surface area contributed by atoms with Crippen LogP contribution < -0.4 is 9.47 Å². The Hall–Kier alpha value is -2.04. The molecule has 0 atom stereocenters. The Labute approximate surface area is 199 Å². The quantitative estimate of drug-likeness (QED) is 0.529. The summed E-state index contributed by atoms with van der Waals surface area (Å²) >= 11 is 0. The third-order valence-corrected chi connectivity index (χ3v) is 8.10. The summed E-state index contributed by atoms with van der Waals surface area (Å²) in [7, 11) is 0. The number of ether oxygens (including phenoxy) is 2. The van der Waals surface area contributed by atoms with Crippen LogP contribution >= 0.6 is 0 Å². The van der Waals surface area contributed by atoms with Crippen molar-refractivity contribution in [1.29, 1.82) is 0 Å². The maximum Gasteiger partial charge on any atom is 0.142 e. The van der Waals surface area contributed by atoms with E-state index in [1.54, 1.807) is 0 Å². The van der Waals surface area contributed by atoms with Gasteiger partial charge in [-0.15, -0.1) is 0 Å². The maximum atomic E-state index is 6.13. The van der Waals surface area contributed by atoms with Crippen LogP contribution in [0.4, 0.5) is 0 Å². The molecule has 0 bridgehead atoms. The third kappa shape index (κ3) is 4.65. The molecule has 4 heteroatoms. The van der Waals surface area contributed by atoms with E-state index in [1.807, 2.05) is 0 Å². The Bertz CT molecular complexity index is 991. The van der Waals surface area contributed by atoms with Gasteiger partial charge in [-0.25, -0.2) is 0 Å². The van der Waals surface area contributed by atoms with Crippen molar-refractivity contribution >= 4 is 0 Å². The summed E-state index contributed by atoms with van der Waals surface area (Å²) in [6, 6.07) is 12.8. The van der Waals surface area contributed by atoms with Crippen molar-refractivity contribution in [1.82, 2.24) is 9.80 Å². The van der Waals surface area contributed by atoms with Crippen molar-refractivity contribution in [2.45, 2.75) is 97.3 Å². The monoisotopic (exact) mass is 448 g/mol. The highest BCUT2D eigenvalue weighted by Crippen LogP contribution is 2.43. The summed E-state index contributed by atoms with van der Waals surface area (Å²) in [6.07, 6.45) is 5.07. The summed E-state index contributed by atoms with van der Waals surface area (Å²) in [5.74, 6) is 3.53. The SMILES string of the molecule is Cc1cc(C2CCC(c3ccc4c(c3)CN(C(C)C)CO4)CC2)cc2c1OCN(C(C)C)C2. The van der Waals surface area contributed by atoms with E-state index in [1.165, 1.54) is 53.5 Å². The summed E-state index contributed by atoms with van der Waals surface area (Å²) in [5.41, 5.74) is 7.05. The van der Waals surface area contributed by atoms with Crippen LogP contribution in [0, 0.1) is 6.92 Å². The largest absolute Gasteiger partial charge is 0.478 e. The van der Waals surface area contributed by atoms with Crippen LogP contribution in [0.25, 0.3) is 0 Å². The van der Waals surface area contributed by atoms with Crippen molar-refractivity contribution in [3.63, 3.8) is 0 Å². The van der Waals surface area contributed by atoms with E-state index in [4.69, 9.17) is 9.47 Å². The lowest BCUT2D eigenvalue weighted by Gasteiger charge is -2.35. The van der Waals surface area contributed by atoms with Gasteiger partial charge in [0.25, 0.3) is 0 Å². The molecule has 0 saturated heterocycles. The number of aryl methyl sites for hydroxylation is 1. The highest BCUT2D eigenvalue weighted by molar-refractivity contribution is 5.46. The van der Waals surface area contributed by atoms with E-state index >= 15 is 0 Å². The van der Waals surface area contributed by atoms with Crippen LogP contribution in [0.1, 0.15) is 93.0 Å². The van der Waals surface area contributed by atoms with Gasteiger partial charge in [0.15, 0.2) is 0 Å².